The molecule has 15 heteroatoms. The lowest BCUT2D eigenvalue weighted by Gasteiger charge is -2.28. The first-order valence-corrected chi connectivity index (χ1v) is 15.0. The number of benzene rings is 3. The Kier molecular flexibility index (Phi) is 9.85. The summed E-state index contributed by atoms with van der Waals surface area (Å²) in [5, 5.41) is 2.85. The predicted molar refractivity (Wildman–Crippen MR) is 159 cm³/mol. The summed E-state index contributed by atoms with van der Waals surface area (Å²) in [5.74, 6) is -0.998. The Balaban J connectivity index is 1.66. The summed E-state index contributed by atoms with van der Waals surface area (Å²) in [5.41, 5.74) is -0.978. The Labute approximate surface area is 265 Å². The van der Waals surface area contributed by atoms with Crippen molar-refractivity contribution in [1.82, 2.24) is 14.6 Å². The zero-order chi connectivity index (χ0) is 34.0. The predicted octanol–water partition coefficient (Wildman–Crippen LogP) is 8.10. The molecule has 0 spiro atoms. The van der Waals surface area contributed by atoms with Crippen LogP contribution < -0.4 is 5.32 Å². The third-order valence-electron chi connectivity index (χ3n) is 6.84. The van der Waals surface area contributed by atoms with E-state index in [2.05, 4.69) is 16.9 Å². The summed E-state index contributed by atoms with van der Waals surface area (Å²) >= 11 is 5.89. The van der Waals surface area contributed by atoms with Gasteiger partial charge in [0.05, 0.1) is 28.6 Å². The van der Waals surface area contributed by atoms with Crippen molar-refractivity contribution >= 4 is 27.8 Å². The van der Waals surface area contributed by atoms with E-state index in [0.717, 1.165) is 24.3 Å². The molecular weight excluding hydrogens is 660 g/mol. The van der Waals surface area contributed by atoms with Gasteiger partial charge in [-0.05, 0) is 66.6 Å². The summed E-state index contributed by atoms with van der Waals surface area (Å²) in [6, 6.07) is 15.9. The fraction of sp³-hybridized carbons (Fsp3) is 0.161. The normalized spacial score (nSPS) is 12.8. The van der Waals surface area contributed by atoms with Crippen molar-refractivity contribution in [3.8, 4) is 22.5 Å². The van der Waals surface area contributed by atoms with Crippen LogP contribution >= 0.6 is 11.6 Å². The molecule has 0 fully saturated rings. The number of aromatic nitrogens is 1. The average Bonchev–Trinajstić information content (AvgIpc) is 2.98. The molecule has 0 aliphatic rings. The molecule has 1 unspecified atom stereocenters. The number of carbonyl (C=O) groups is 1. The topological polar surface area (TPSA) is 99.6 Å². The SMILES string of the molecule is C=C(C(=O)NCc1cc(-c2ccc(C(F)(F)F)cc2)nc(-c2ccc(C(F)(F)F)cc2)c1)N(C(C)c1ccc(Cl)cc1)S(=O)(=O)O. The molecule has 4 aromatic rings. The van der Waals surface area contributed by atoms with Crippen molar-refractivity contribution in [2.75, 3.05) is 0 Å². The smallest absolute Gasteiger partial charge is 0.347 e. The molecule has 2 N–H and O–H groups in total. The fourth-order valence-electron chi connectivity index (χ4n) is 4.48. The lowest BCUT2D eigenvalue weighted by atomic mass is 10.0. The Morgan fingerprint density at radius 1 is 0.870 bits per heavy atom. The molecule has 7 nitrogen and oxygen atoms in total. The first-order chi connectivity index (χ1) is 21.3. The van der Waals surface area contributed by atoms with Crippen LogP contribution in [0.4, 0.5) is 26.3 Å². The van der Waals surface area contributed by atoms with Gasteiger partial charge in [-0.25, -0.2) is 9.29 Å². The molecule has 4 rings (SSSR count). The van der Waals surface area contributed by atoms with Crippen molar-refractivity contribution in [1.29, 1.82) is 0 Å². The van der Waals surface area contributed by atoms with Crippen LogP contribution in [-0.2, 0) is 34.0 Å². The Hall–Kier alpha value is -4.40. The molecule has 0 radical (unpaired) electrons. The fourth-order valence-corrected chi connectivity index (χ4v) is 5.49. The average molecular weight is 684 g/mol. The molecule has 1 heterocycles. The number of pyridine rings is 1. The van der Waals surface area contributed by atoms with Crippen LogP contribution in [0.3, 0.4) is 0 Å². The number of rotatable bonds is 9. The third-order valence-corrected chi connectivity index (χ3v) is 8.12. The Morgan fingerprint density at radius 3 is 1.70 bits per heavy atom. The molecular formula is C31H24ClF6N3O4S. The second kappa shape index (κ2) is 13.1. The molecule has 0 aliphatic heterocycles. The van der Waals surface area contributed by atoms with Crippen LogP contribution in [-0.4, -0.2) is 28.2 Å². The molecule has 3 aromatic carbocycles. The summed E-state index contributed by atoms with van der Waals surface area (Å²) in [6.45, 7) is 4.65. The van der Waals surface area contributed by atoms with Crippen LogP contribution in [0.15, 0.2) is 97.2 Å². The van der Waals surface area contributed by atoms with E-state index in [0.29, 0.717) is 20.5 Å². The molecule has 0 aliphatic carbocycles. The maximum atomic E-state index is 13.1. The summed E-state index contributed by atoms with van der Waals surface area (Å²) in [6.07, 6.45) is -9.18. The van der Waals surface area contributed by atoms with Crippen LogP contribution in [0.5, 0.6) is 0 Å². The number of hydrogen-bond donors (Lipinski definition) is 2. The first kappa shape index (κ1) is 34.5. The van der Waals surface area contributed by atoms with Gasteiger partial charge < -0.3 is 5.32 Å². The number of halogens is 7. The van der Waals surface area contributed by atoms with Gasteiger partial charge in [-0.3, -0.25) is 9.35 Å². The van der Waals surface area contributed by atoms with Gasteiger partial charge in [-0.1, -0.05) is 54.6 Å². The zero-order valence-corrected chi connectivity index (χ0v) is 25.3. The second-order valence-corrected chi connectivity index (χ2v) is 11.8. The summed E-state index contributed by atoms with van der Waals surface area (Å²) in [7, 11) is -4.99. The van der Waals surface area contributed by atoms with Gasteiger partial charge in [0.1, 0.15) is 5.70 Å². The van der Waals surface area contributed by atoms with E-state index in [4.69, 9.17) is 11.6 Å². The monoisotopic (exact) mass is 683 g/mol. The highest BCUT2D eigenvalue weighted by Gasteiger charge is 2.32. The van der Waals surface area contributed by atoms with Gasteiger partial charge in [-0.15, -0.1) is 0 Å². The van der Waals surface area contributed by atoms with E-state index in [9.17, 15) is 44.1 Å². The zero-order valence-electron chi connectivity index (χ0n) is 23.7. The van der Waals surface area contributed by atoms with Gasteiger partial charge in [0, 0.05) is 22.7 Å². The van der Waals surface area contributed by atoms with E-state index in [1.807, 2.05) is 0 Å². The molecule has 46 heavy (non-hydrogen) atoms. The van der Waals surface area contributed by atoms with E-state index >= 15 is 0 Å². The highest BCUT2D eigenvalue weighted by Crippen LogP contribution is 2.34. The highest BCUT2D eigenvalue weighted by molar-refractivity contribution is 7.83. The van der Waals surface area contributed by atoms with Gasteiger partial charge >= 0.3 is 22.7 Å². The molecule has 0 saturated carbocycles. The quantitative estimate of drug-likeness (QED) is 0.106. The van der Waals surface area contributed by atoms with E-state index in [1.165, 1.54) is 67.6 Å². The second-order valence-electron chi connectivity index (χ2n) is 10.0. The van der Waals surface area contributed by atoms with Crippen molar-refractivity contribution in [3.63, 3.8) is 0 Å². The number of alkyl halides is 6. The molecule has 1 amide bonds. The minimum atomic E-state index is -4.99. The maximum Gasteiger partial charge on any atom is 0.416 e. The van der Waals surface area contributed by atoms with Crippen molar-refractivity contribution in [2.45, 2.75) is 31.9 Å². The van der Waals surface area contributed by atoms with E-state index in [1.54, 1.807) is 0 Å². The summed E-state index contributed by atoms with van der Waals surface area (Å²) < 4.78 is 114. The van der Waals surface area contributed by atoms with Crippen LogP contribution in [0, 0.1) is 0 Å². The number of amides is 1. The van der Waals surface area contributed by atoms with E-state index < -0.39 is 51.4 Å². The maximum absolute atomic E-state index is 13.1. The number of carbonyl (C=O) groups excluding carboxylic acids is 1. The van der Waals surface area contributed by atoms with Gasteiger partial charge in [0.2, 0.25) is 0 Å². The van der Waals surface area contributed by atoms with Crippen LogP contribution in [0.25, 0.3) is 22.5 Å². The number of hydrogen-bond acceptors (Lipinski definition) is 4. The Morgan fingerprint density at radius 2 is 1.30 bits per heavy atom. The standard InChI is InChI=1S/C31H24ClF6N3O4S/c1-18(21-7-13-26(32)14-8-21)41(46(43,44)45)19(2)29(42)39-17-20-15-27(22-3-9-24(10-4-22)30(33,34)35)40-28(16-20)23-5-11-25(12-6-23)31(36,37)38/h3-16,18H,2,17H2,1H3,(H,39,42)(H,43,44,45). The van der Waals surface area contributed by atoms with Crippen molar-refractivity contribution < 1.29 is 44.1 Å². The van der Waals surface area contributed by atoms with Crippen LogP contribution in [0.1, 0.15) is 35.2 Å². The van der Waals surface area contributed by atoms with E-state index in [-0.39, 0.29) is 29.1 Å². The lowest BCUT2D eigenvalue weighted by Crippen LogP contribution is -2.39. The molecule has 1 aromatic heterocycles. The van der Waals surface area contributed by atoms with Crippen molar-refractivity contribution in [2.24, 2.45) is 0 Å². The molecule has 0 bridgehead atoms. The van der Waals surface area contributed by atoms with Crippen molar-refractivity contribution in [3.05, 3.63) is 124 Å². The first-order valence-electron chi connectivity index (χ1n) is 13.2. The number of nitrogens with one attached hydrogen (secondary N) is 1. The van der Waals surface area contributed by atoms with Crippen LogP contribution in [0.2, 0.25) is 5.02 Å². The third kappa shape index (κ3) is 8.24. The Bertz CT molecular complexity index is 1770. The lowest BCUT2D eigenvalue weighted by molar-refractivity contribution is -0.138. The van der Waals surface area contributed by atoms with Gasteiger partial charge in [0.25, 0.3) is 5.91 Å². The molecule has 0 saturated heterocycles. The molecule has 1 atom stereocenters. The van der Waals surface area contributed by atoms with Gasteiger partial charge in [-0.2, -0.15) is 34.8 Å². The minimum Gasteiger partial charge on any atom is -0.347 e. The van der Waals surface area contributed by atoms with Gasteiger partial charge in [0.15, 0.2) is 0 Å². The number of nitrogens with zero attached hydrogens (tertiary/aromatic N) is 2. The highest BCUT2D eigenvalue weighted by atomic mass is 35.5. The largest absolute Gasteiger partial charge is 0.416 e. The minimum absolute atomic E-state index is 0.144. The molecule has 242 valence electrons. The summed E-state index contributed by atoms with van der Waals surface area (Å²) in [4.78, 5) is 17.5.